The summed E-state index contributed by atoms with van der Waals surface area (Å²) >= 11 is 0. The molecule has 1 aliphatic rings. The van der Waals surface area contributed by atoms with Gasteiger partial charge in [-0.25, -0.2) is 0 Å². The second-order valence-corrected chi connectivity index (χ2v) is 11.8. The molecule has 5 nitrogen and oxygen atoms in total. The maximum atomic E-state index is 5.87. The molecule has 7 heteroatoms. The summed E-state index contributed by atoms with van der Waals surface area (Å²) in [4.78, 5) is 0. The summed E-state index contributed by atoms with van der Waals surface area (Å²) in [7, 11) is -1.47. The molecule has 1 heterocycles. The predicted octanol–water partition coefficient (Wildman–Crippen LogP) is 0.278. The van der Waals surface area contributed by atoms with E-state index in [1.165, 1.54) is 12.5 Å². The van der Waals surface area contributed by atoms with E-state index in [2.05, 4.69) is 6.92 Å². The zero-order valence-corrected chi connectivity index (χ0v) is 15.4. The second kappa shape index (κ2) is 12.9. The highest BCUT2D eigenvalue weighted by Gasteiger charge is 2.21. The van der Waals surface area contributed by atoms with Gasteiger partial charge in [0.2, 0.25) is 0 Å². The fraction of sp³-hybridized carbons (Fsp3) is 1.00. The first-order valence-corrected chi connectivity index (χ1v) is 13.1. The predicted molar refractivity (Wildman–Crippen MR) is 86.2 cm³/mol. The average Bonchev–Trinajstić information content (AvgIpc) is 3.27. The van der Waals surface area contributed by atoms with E-state index in [9.17, 15) is 0 Å². The van der Waals surface area contributed by atoms with Gasteiger partial charge in [0.1, 0.15) is 6.10 Å². The van der Waals surface area contributed by atoms with Crippen molar-refractivity contribution in [2.24, 2.45) is 5.73 Å². The fourth-order valence-corrected chi connectivity index (χ4v) is 7.85. The molecule has 2 unspecified atom stereocenters. The van der Waals surface area contributed by atoms with Crippen molar-refractivity contribution < 1.29 is 18.3 Å². The summed E-state index contributed by atoms with van der Waals surface area (Å²) in [5, 5.41) is 0. The minimum Gasteiger partial charge on any atom is -0.425 e. The van der Waals surface area contributed by atoms with Gasteiger partial charge in [-0.1, -0.05) is 0 Å². The summed E-state index contributed by atoms with van der Waals surface area (Å²) in [5.41, 5.74) is 5.55. The van der Waals surface area contributed by atoms with Crippen LogP contribution in [-0.2, 0) is 18.3 Å². The van der Waals surface area contributed by atoms with Crippen molar-refractivity contribution in [1.82, 2.24) is 0 Å². The van der Waals surface area contributed by atoms with Gasteiger partial charge in [0.25, 0.3) is 0 Å². The number of epoxide rings is 1. The molecule has 1 fully saturated rings. The molecule has 1 rings (SSSR count). The fourth-order valence-electron chi connectivity index (χ4n) is 1.97. The van der Waals surface area contributed by atoms with Gasteiger partial charge in [-0.3, -0.25) is 0 Å². The Balaban J connectivity index is 1.81. The Hall–Kier alpha value is 0.234. The van der Waals surface area contributed by atoms with Crippen LogP contribution in [0.3, 0.4) is 0 Å². The van der Waals surface area contributed by atoms with E-state index in [0.29, 0.717) is 6.10 Å². The molecule has 20 heavy (non-hydrogen) atoms. The standard InChI is InChI=1S/C13H31NO4Si2/c1-2-18-20(10-6-7-14)19-17-9-5-3-4-8-15-11-13-12-16-13/h13,20H,2-12,14,19H2,1H3. The first-order valence-electron chi connectivity index (χ1n) is 7.95. The minimum absolute atomic E-state index is 0.387. The molecule has 120 valence electrons. The molecular weight excluding hydrogens is 290 g/mol. The maximum Gasteiger partial charge on any atom is 0.189 e. The van der Waals surface area contributed by atoms with Gasteiger partial charge >= 0.3 is 0 Å². The molecular formula is C13H31NO4Si2. The Morgan fingerprint density at radius 3 is 2.75 bits per heavy atom. The lowest BCUT2D eigenvalue weighted by atomic mass is 10.2. The quantitative estimate of drug-likeness (QED) is 0.267. The lowest BCUT2D eigenvalue weighted by Gasteiger charge is -2.14. The van der Waals surface area contributed by atoms with Crippen LogP contribution in [-0.4, -0.2) is 63.5 Å². The maximum absolute atomic E-state index is 5.87. The monoisotopic (exact) mass is 321 g/mol. The van der Waals surface area contributed by atoms with Crippen molar-refractivity contribution in [3.63, 3.8) is 0 Å². The largest absolute Gasteiger partial charge is 0.425 e. The van der Waals surface area contributed by atoms with Crippen LogP contribution in [0.25, 0.3) is 0 Å². The Kier molecular flexibility index (Phi) is 11.8. The van der Waals surface area contributed by atoms with Crippen LogP contribution >= 0.6 is 0 Å². The number of rotatable bonds is 15. The van der Waals surface area contributed by atoms with Gasteiger partial charge < -0.3 is 24.1 Å². The van der Waals surface area contributed by atoms with Crippen molar-refractivity contribution in [3.8, 4) is 0 Å². The molecule has 0 aromatic rings. The summed E-state index contributed by atoms with van der Waals surface area (Å²) in [6, 6.07) is 1.19. The van der Waals surface area contributed by atoms with Crippen molar-refractivity contribution in [2.75, 3.05) is 39.6 Å². The summed E-state index contributed by atoms with van der Waals surface area (Å²) < 4.78 is 22.3. The number of nitrogens with two attached hydrogens (primary N) is 1. The SMILES string of the molecule is CCO[SiH](CCCN)[SiH2]OCCCCCOCC1CO1. The van der Waals surface area contributed by atoms with Gasteiger partial charge in [0.05, 0.1) is 13.2 Å². The average molecular weight is 322 g/mol. The van der Waals surface area contributed by atoms with Gasteiger partial charge in [0.15, 0.2) is 17.8 Å². The first-order chi connectivity index (χ1) is 9.86. The molecule has 0 aromatic carbocycles. The Labute approximate surface area is 126 Å². The third-order valence-corrected chi connectivity index (χ3v) is 9.73. The molecule has 2 N–H and O–H groups in total. The highest BCUT2D eigenvalue weighted by Crippen LogP contribution is 2.09. The van der Waals surface area contributed by atoms with E-state index >= 15 is 0 Å². The molecule has 1 aliphatic heterocycles. The molecule has 1 saturated heterocycles. The minimum atomic E-state index is -1.03. The van der Waals surface area contributed by atoms with Crippen LogP contribution in [0.2, 0.25) is 6.04 Å². The summed E-state index contributed by atoms with van der Waals surface area (Å²) in [5.74, 6) is 0. The molecule has 0 aromatic heterocycles. The topological polar surface area (TPSA) is 66.2 Å². The van der Waals surface area contributed by atoms with Crippen LogP contribution in [0.15, 0.2) is 0 Å². The van der Waals surface area contributed by atoms with Gasteiger partial charge in [-0.2, -0.15) is 0 Å². The van der Waals surface area contributed by atoms with E-state index in [1.807, 2.05) is 0 Å². The highest BCUT2D eigenvalue weighted by molar-refractivity contribution is 7.06. The molecule has 0 spiro atoms. The van der Waals surface area contributed by atoms with Crippen LogP contribution in [0.4, 0.5) is 0 Å². The van der Waals surface area contributed by atoms with Crippen LogP contribution in [0.1, 0.15) is 32.6 Å². The van der Waals surface area contributed by atoms with E-state index in [-0.39, 0.29) is 0 Å². The van der Waals surface area contributed by atoms with Crippen LogP contribution < -0.4 is 5.73 Å². The highest BCUT2D eigenvalue weighted by atomic mass is 29.2. The third kappa shape index (κ3) is 11.0. The van der Waals surface area contributed by atoms with Crippen LogP contribution in [0, 0.1) is 0 Å². The van der Waals surface area contributed by atoms with E-state index in [1.54, 1.807) is 0 Å². The molecule has 0 bridgehead atoms. The number of hydrogen-bond donors (Lipinski definition) is 1. The van der Waals surface area contributed by atoms with Crippen LogP contribution in [0.5, 0.6) is 0 Å². The summed E-state index contributed by atoms with van der Waals surface area (Å²) in [6.07, 6.45) is 4.93. The molecule has 0 aliphatic carbocycles. The lowest BCUT2D eigenvalue weighted by Crippen LogP contribution is -2.29. The van der Waals surface area contributed by atoms with Crippen molar-refractivity contribution in [2.45, 2.75) is 44.8 Å². The Bertz CT molecular complexity index is 221. The number of hydrogen-bond acceptors (Lipinski definition) is 5. The summed E-state index contributed by atoms with van der Waals surface area (Å²) in [6.45, 7) is 7.08. The van der Waals surface area contributed by atoms with Gasteiger partial charge in [-0.15, -0.1) is 0 Å². The zero-order valence-electron chi connectivity index (χ0n) is 12.9. The van der Waals surface area contributed by atoms with Crippen molar-refractivity contribution >= 4 is 17.8 Å². The second-order valence-electron chi connectivity index (χ2n) is 5.17. The van der Waals surface area contributed by atoms with Crippen molar-refractivity contribution in [1.29, 1.82) is 0 Å². The molecule has 0 radical (unpaired) electrons. The van der Waals surface area contributed by atoms with E-state index < -0.39 is 17.8 Å². The number of ether oxygens (including phenoxy) is 2. The smallest absolute Gasteiger partial charge is 0.189 e. The molecule has 2 atom stereocenters. The third-order valence-electron chi connectivity index (χ3n) is 3.22. The normalized spacial score (nSPS) is 19.8. The lowest BCUT2D eigenvalue weighted by molar-refractivity contribution is 0.112. The Morgan fingerprint density at radius 1 is 1.25 bits per heavy atom. The van der Waals surface area contributed by atoms with Gasteiger partial charge in [-0.05, 0) is 45.2 Å². The molecule has 0 saturated carbocycles. The molecule has 0 amide bonds. The first kappa shape index (κ1) is 18.3. The number of unbranched alkanes of at least 4 members (excludes halogenated alkanes) is 2. The van der Waals surface area contributed by atoms with E-state index in [0.717, 1.165) is 58.8 Å². The van der Waals surface area contributed by atoms with Crippen molar-refractivity contribution in [3.05, 3.63) is 0 Å². The van der Waals surface area contributed by atoms with Gasteiger partial charge in [0, 0.05) is 19.8 Å². The Morgan fingerprint density at radius 2 is 2.05 bits per heavy atom. The van der Waals surface area contributed by atoms with E-state index in [4.69, 9.17) is 24.1 Å². The zero-order chi connectivity index (χ0) is 14.5.